The van der Waals surface area contributed by atoms with E-state index in [1.54, 1.807) is 13.1 Å². The SMILES string of the molecule is Cn1cc(S(=O)(=O)Nc2ccc3c(c2)CCC3)nn1. The van der Waals surface area contributed by atoms with Gasteiger partial charge in [-0.3, -0.25) is 9.40 Å². The molecule has 0 saturated heterocycles. The molecule has 0 spiro atoms. The minimum Gasteiger partial charge on any atom is -0.278 e. The molecule has 1 N–H and O–H groups in total. The third-order valence-corrected chi connectivity index (χ3v) is 4.45. The molecule has 19 heavy (non-hydrogen) atoms. The van der Waals surface area contributed by atoms with Crippen LogP contribution in [0.1, 0.15) is 17.5 Å². The number of aryl methyl sites for hydroxylation is 3. The maximum absolute atomic E-state index is 12.1. The van der Waals surface area contributed by atoms with E-state index < -0.39 is 10.0 Å². The summed E-state index contributed by atoms with van der Waals surface area (Å²) in [7, 11) is -2.03. The van der Waals surface area contributed by atoms with Gasteiger partial charge in [-0.25, -0.2) is 0 Å². The van der Waals surface area contributed by atoms with Gasteiger partial charge in [-0.05, 0) is 42.5 Å². The second-order valence-electron chi connectivity index (χ2n) is 4.67. The first-order valence-corrected chi connectivity index (χ1v) is 7.54. The third kappa shape index (κ3) is 2.33. The van der Waals surface area contributed by atoms with Crippen LogP contribution in [0, 0.1) is 0 Å². The Balaban J connectivity index is 1.89. The molecular weight excluding hydrogens is 264 g/mol. The Kier molecular flexibility index (Phi) is 2.78. The van der Waals surface area contributed by atoms with E-state index in [-0.39, 0.29) is 5.03 Å². The summed E-state index contributed by atoms with van der Waals surface area (Å²) in [5, 5.41) is 7.17. The Hall–Kier alpha value is -1.89. The molecule has 2 aromatic rings. The molecule has 0 aliphatic heterocycles. The Morgan fingerprint density at radius 1 is 1.26 bits per heavy atom. The van der Waals surface area contributed by atoms with Crippen LogP contribution >= 0.6 is 0 Å². The van der Waals surface area contributed by atoms with E-state index in [9.17, 15) is 8.42 Å². The fourth-order valence-corrected chi connectivity index (χ4v) is 3.27. The van der Waals surface area contributed by atoms with Gasteiger partial charge in [-0.2, -0.15) is 8.42 Å². The van der Waals surface area contributed by atoms with Crippen LogP contribution in [0.3, 0.4) is 0 Å². The first kappa shape index (κ1) is 12.2. The van der Waals surface area contributed by atoms with Crippen LogP contribution in [0.4, 0.5) is 5.69 Å². The smallest absolute Gasteiger partial charge is 0.278 e. The van der Waals surface area contributed by atoms with Crippen LogP contribution in [0.5, 0.6) is 0 Å². The molecule has 0 amide bonds. The molecule has 0 radical (unpaired) electrons. The van der Waals surface area contributed by atoms with Crippen molar-refractivity contribution in [2.75, 3.05) is 4.72 Å². The summed E-state index contributed by atoms with van der Waals surface area (Å²) in [6.07, 6.45) is 4.59. The zero-order valence-electron chi connectivity index (χ0n) is 10.5. The van der Waals surface area contributed by atoms with E-state index in [0.717, 1.165) is 19.3 Å². The lowest BCUT2D eigenvalue weighted by Gasteiger charge is -2.07. The lowest BCUT2D eigenvalue weighted by molar-refractivity contribution is 0.597. The van der Waals surface area contributed by atoms with Crippen LogP contribution in [-0.4, -0.2) is 23.4 Å². The van der Waals surface area contributed by atoms with Crippen molar-refractivity contribution in [3.8, 4) is 0 Å². The van der Waals surface area contributed by atoms with Crippen molar-refractivity contribution in [1.29, 1.82) is 0 Å². The molecule has 1 aromatic carbocycles. The van der Waals surface area contributed by atoms with Gasteiger partial charge < -0.3 is 0 Å². The predicted molar refractivity (Wildman–Crippen MR) is 70.3 cm³/mol. The number of anilines is 1. The van der Waals surface area contributed by atoms with E-state index in [4.69, 9.17) is 0 Å². The molecule has 1 aromatic heterocycles. The summed E-state index contributed by atoms with van der Waals surface area (Å²) in [4.78, 5) is 0. The van der Waals surface area contributed by atoms with Crippen molar-refractivity contribution >= 4 is 15.7 Å². The van der Waals surface area contributed by atoms with E-state index in [2.05, 4.69) is 15.0 Å². The summed E-state index contributed by atoms with van der Waals surface area (Å²) in [5.74, 6) is 0. The molecular formula is C12H14N4O2S. The molecule has 100 valence electrons. The Labute approximate surface area is 111 Å². The van der Waals surface area contributed by atoms with E-state index >= 15 is 0 Å². The molecule has 0 saturated carbocycles. The van der Waals surface area contributed by atoms with Crippen molar-refractivity contribution in [1.82, 2.24) is 15.0 Å². The van der Waals surface area contributed by atoms with Crippen LogP contribution in [0.25, 0.3) is 0 Å². The zero-order chi connectivity index (χ0) is 13.5. The summed E-state index contributed by atoms with van der Waals surface area (Å²) in [6, 6.07) is 5.67. The van der Waals surface area contributed by atoms with Gasteiger partial charge in [0.1, 0.15) is 0 Å². The molecule has 1 aliphatic rings. The molecule has 0 atom stereocenters. The van der Waals surface area contributed by atoms with Crippen LogP contribution < -0.4 is 4.72 Å². The molecule has 1 aliphatic carbocycles. The van der Waals surface area contributed by atoms with Crippen LogP contribution in [0.15, 0.2) is 29.4 Å². The largest absolute Gasteiger partial charge is 0.282 e. The fraction of sp³-hybridized carbons (Fsp3) is 0.333. The number of rotatable bonds is 3. The Morgan fingerprint density at radius 3 is 2.79 bits per heavy atom. The molecule has 0 fully saturated rings. The zero-order valence-corrected chi connectivity index (χ0v) is 11.3. The highest BCUT2D eigenvalue weighted by Gasteiger charge is 2.19. The quantitative estimate of drug-likeness (QED) is 0.912. The minimum absolute atomic E-state index is 0.0736. The molecule has 0 bridgehead atoms. The second kappa shape index (κ2) is 4.34. The van der Waals surface area contributed by atoms with Gasteiger partial charge in [0.05, 0.1) is 6.20 Å². The normalized spacial score (nSPS) is 14.4. The van der Waals surface area contributed by atoms with Gasteiger partial charge in [-0.15, -0.1) is 5.10 Å². The van der Waals surface area contributed by atoms with Gasteiger partial charge >= 0.3 is 0 Å². The van der Waals surface area contributed by atoms with Crippen molar-refractivity contribution in [2.45, 2.75) is 24.3 Å². The molecule has 0 unspecified atom stereocenters. The maximum Gasteiger partial charge on any atom is 0.282 e. The topological polar surface area (TPSA) is 76.9 Å². The highest BCUT2D eigenvalue weighted by molar-refractivity contribution is 7.92. The maximum atomic E-state index is 12.1. The molecule has 3 rings (SSSR count). The first-order chi connectivity index (χ1) is 9.04. The summed E-state index contributed by atoms with van der Waals surface area (Å²) >= 11 is 0. The molecule has 7 heteroatoms. The van der Waals surface area contributed by atoms with Gasteiger partial charge in [0.15, 0.2) is 0 Å². The number of hydrogen-bond donors (Lipinski definition) is 1. The number of hydrogen-bond acceptors (Lipinski definition) is 4. The number of benzene rings is 1. The lowest BCUT2D eigenvalue weighted by Crippen LogP contribution is -2.13. The first-order valence-electron chi connectivity index (χ1n) is 6.05. The highest BCUT2D eigenvalue weighted by atomic mass is 32.2. The number of nitrogens with zero attached hydrogens (tertiary/aromatic N) is 3. The summed E-state index contributed by atoms with van der Waals surface area (Å²) in [6.45, 7) is 0. The molecule has 6 nitrogen and oxygen atoms in total. The number of nitrogens with one attached hydrogen (secondary N) is 1. The number of aromatic nitrogens is 3. The molecule has 1 heterocycles. The van der Waals surface area contributed by atoms with Crippen LogP contribution in [-0.2, 0) is 29.9 Å². The van der Waals surface area contributed by atoms with E-state index in [1.165, 1.54) is 22.0 Å². The van der Waals surface area contributed by atoms with Gasteiger partial charge in [0, 0.05) is 12.7 Å². The number of sulfonamides is 1. The standard InChI is InChI=1S/C12H14N4O2S/c1-16-8-12(13-15-16)19(17,18)14-11-6-5-9-3-2-4-10(9)7-11/h5-8,14H,2-4H2,1H3. The lowest BCUT2D eigenvalue weighted by atomic mass is 10.1. The average molecular weight is 278 g/mol. The van der Waals surface area contributed by atoms with Gasteiger partial charge in [0.2, 0.25) is 5.03 Å². The van der Waals surface area contributed by atoms with Gasteiger partial charge in [0.25, 0.3) is 10.0 Å². The monoisotopic (exact) mass is 278 g/mol. The van der Waals surface area contributed by atoms with E-state index in [1.807, 2.05) is 12.1 Å². The summed E-state index contributed by atoms with van der Waals surface area (Å²) in [5.41, 5.74) is 3.10. The van der Waals surface area contributed by atoms with Crippen molar-refractivity contribution in [3.63, 3.8) is 0 Å². The Bertz CT molecular complexity index is 721. The summed E-state index contributed by atoms with van der Waals surface area (Å²) < 4.78 is 28.1. The van der Waals surface area contributed by atoms with Gasteiger partial charge in [-0.1, -0.05) is 11.3 Å². The van der Waals surface area contributed by atoms with E-state index in [0.29, 0.717) is 5.69 Å². The average Bonchev–Trinajstić information content (AvgIpc) is 2.96. The van der Waals surface area contributed by atoms with Crippen molar-refractivity contribution in [3.05, 3.63) is 35.5 Å². The second-order valence-corrected chi connectivity index (χ2v) is 6.30. The third-order valence-electron chi connectivity index (χ3n) is 3.21. The van der Waals surface area contributed by atoms with Crippen molar-refractivity contribution in [2.24, 2.45) is 7.05 Å². The van der Waals surface area contributed by atoms with Crippen LogP contribution in [0.2, 0.25) is 0 Å². The van der Waals surface area contributed by atoms with Crippen molar-refractivity contribution < 1.29 is 8.42 Å². The Morgan fingerprint density at radius 2 is 2.05 bits per heavy atom. The predicted octanol–water partition coefficient (Wildman–Crippen LogP) is 1.10. The fourth-order valence-electron chi connectivity index (χ4n) is 2.29. The number of fused-ring (bicyclic) bond motifs is 1. The minimum atomic E-state index is -3.65. The highest BCUT2D eigenvalue weighted by Crippen LogP contribution is 2.25.